The highest BCUT2D eigenvalue weighted by molar-refractivity contribution is 7.97. The lowest BCUT2D eigenvalue weighted by Crippen LogP contribution is -2.04. The van der Waals surface area contributed by atoms with E-state index in [9.17, 15) is 0 Å². The second-order valence-corrected chi connectivity index (χ2v) is 6.63. The Bertz CT molecular complexity index is 638. The topological polar surface area (TPSA) is 9.23 Å². The van der Waals surface area contributed by atoms with Gasteiger partial charge in [-0.3, -0.25) is 0 Å². The molecule has 0 fully saturated rings. The molecular formula is C19H17OS+. The zero-order chi connectivity index (χ0) is 14.5. The molecule has 0 aromatic heterocycles. The minimum Gasteiger partial charge on any atom is -0.497 e. The van der Waals surface area contributed by atoms with Gasteiger partial charge in [0, 0.05) is 0 Å². The first-order valence-electron chi connectivity index (χ1n) is 6.87. The first-order chi connectivity index (χ1) is 10.4. The summed E-state index contributed by atoms with van der Waals surface area (Å²) in [6.07, 6.45) is 0. The van der Waals surface area contributed by atoms with E-state index in [2.05, 4.69) is 72.8 Å². The third-order valence-electron chi connectivity index (χ3n) is 3.25. The van der Waals surface area contributed by atoms with Crippen molar-refractivity contribution in [3.05, 3.63) is 84.9 Å². The Labute approximate surface area is 128 Å². The van der Waals surface area contributed by atoms with Crippen molar-refractivity contribution in [1.29, 1.82) is 0 Å². The van der Waals surface area contributed by atoms with Crippen LogP contribution in [0.1, 0.15) is 0 Å². The van der Waals surface area contributed by atoms with Crippen molar-refractivity contribution in [3.8, 4) is 5.75 Å². The lowest BCUT2D eigenvalue weighted by molar-refractivity contribution is 0.414. The van der Waals surface area contributed by atoms with Crippen molar-refractivity contribution in [1.82, 2.24) is 0 Å². The first-order valence-corrected chi connectivity index (χ1v) is 8.09. The third kappa shape index (κ3) is 3.11. The van der Waals surface area contributed by atoms with Crippen molar-refractivity contribution in [3.63, 3.8) is 0 Å². The fourth-order valence-corrected chi connectivity index (χ4v) is 4.32. The summed E-state index contributed by atoms with van der Waals surface area (Å²) in [5.74, 6) is 0.892. The molecule has 0 N–H and O–H groups in total. The van der Waals surface area contributed by atoms with Gasteiger partial charge in [-0.1, -0.05) is 36.4 Å². The Morgan fingerprint density at radius 3 is 1.43 bits per heavy atom. The van der Waals surface area contributed by atoms with Crippen LogP contribution >= 0.6 is 0 Å². The molecule has 0 aliphatic rings. The minimum absolute atomic E-state index is 0.0804. The summed E-state index contributed by atoms with van der Waals surface area (Å²) >= 11 is 0. The summed E-state index contributed by atoms with van der Waals surface area (Å²) in [7, 11) is 1.62. The molecule has 0 radical (unpaired) electrons. The van der Waals surface area contributed by atoms with Crippen molar-refractivity contribution in [2.24, 2.45) is 0 Å². The Hall–Kier alpha value is -2.19. The molecule has 0 saturated carbocycles. The second-order valence-electron chi connectivity index (χ2n) is 4.61. The lowest BCUT2D eigenvalue weighted by Gasteiger charge is -2.08. The number of methoxy groups -OCH3 is 1. The standard InChI is InChI=1S/C19H17OS/c1-20-16-12-14-19(15-13-16)21(17-8-4-2-5-9-17)18-10-6-3-7-11-18/h2-15H,1H3/q+1. The molecule has 2 heteroatoms. The lowest BCUT2D eigenvalue weighted by atomic mass is 10.3. The van der Waals surface area contributed by atoms with E-state index in [1.165, 1.54) is 14.7 Å². The molecule has 1 nitrogen and oxygen atoms in total. The Morgan fingerprint density at radius 2 is 1.00 bits per heavy atom. The van der Waals surface area contributed by atoms with Crippen LogP contribution in [0.25, 0.3) is 0 Å². The highest BCUT2D eigenvalue weighted by Crippen LogP contribution is 2.31. The zero-order valence-electron chi connectivity index (χ0n) is 11.9. The van der Waals surface area contributed by atoms with Crippen LogP contribution in [0.4, 0.5) is 0 Å². The Balaban J connectivity index is 2.07. The van der Waals surface area contributed by atoms with Gasteiger partial charge in [-0.25, -0.2) is 0 Å². The minimum atomic E-state index is -0.0804. The summed E-state index contributed by atoms with van der Waals surface area (Å²) in [5, 5.41) is 0. The quantitative estimate of drug-likeness (QED) is 0.628. The van der Waals surface area contributed by atoms with E-state index in [0.29, 0.717) is 0 Å². The molecular weight excluding hydrogens is 276 g/mol. The van der Waals surface area contributed by atoms with E-state index in [1.54, 1.807) is 7.11 Å². The molecule has 0 spiro atoms. The molecule has 0 aliphatic carbocycles. The highest BCUT2D eigenvalue weighted by atomic mass is 32.2. The molecule has 0 heterocycles. The number of rotatable bonds is 4. The predicted molar refractivity (Wildman–Crippen MR) is 88.0 cm³/mol. The average molecular weight is 293 g/mol. The molecule has 0 unspecified atom stereocenters. The van der Waals surface area contributed by atoms with Gasteiger partial charge in [-0.05, 0) is 48.5 Å². The maximum Gasteiger partial charge on any atom is 0.166 e. The van der Waals surface area contributed by atoms with Crippen molar-refractivity contribution in [2.45, 2.75) is 14.7 Å². The fraction of sp³-hybridized carbons (Fsp3) is 0.0526. The summed E-state index contributed by atoms with van der Waals surface area (Å²) in [6, 6.07) is 29.7. The van der Waals surface area contributed by atoms with Crippen LogP contribution < -0.4 is 4.74 Å². The largest absolute Gasteiger partial charge is 0.497 e. The van der Waals surface area contributed by atoms with Gasteiger partial charge in [0.15, 0.2) is 14.7 Å². The maximum absolute atomic E-state index is 5.26. The second kappa shape index (κ2) is 6.51. The van der Waals surface area contributed by atoms with E-state index in [-0.39, 0.29) is 10.9 Å². The van der Waals surface area contributed by atoms with E-state index >= 15 is 0 Å². The van der Waals surface area contributed by atoms with Gasteiger partial charge in [0.1, 0.15) is 5.75 Å². The van der Waals surface area contributed by atoms with E-state index in [0.717, 1.165) is 5.75 Å². The van der Waals surface area contributed by atoms with Crippen LogP contribution in [-0.2, 0) is 10.9 Å². The number of benzene rings is 3. The van der Waals surface area contributed by atoms with E-state index < -0.39 is 0 Å². The SMILES string of the molecule is COc1ccc([S+](c2ccccc2)c2ccccc2)cc1. The number of ether oxygens (including phenoxy) is 1. The normalized spacial score (nSPS) is 10.6. The van der Waals surface area contributed by atoms with Gasteiger partial charge in [0.05, 0.1) is 18.0 Å². The Morgan fingerprint density at radius 1 is 0.571 bits per heavy atom. The van der Waals surface area contributed by atoms with E-state index in [1.807, 2.05) is 12.1 Å². The van der Waals surface area contributed by atoms with Gasteiger partial charge in [0.2, 0.25) is 0 Å². The molecule has 104 valence electrons. The van der Waals surface area contributed by atoms with Crippen molar-refractivity contribution in [2.75, 3.05) is 7.11 Å². The molecule has 21 heavy (non-hydrogen) atoms. The third-order valence-corrected chi connectivity index (χ3v) is 5.48. The van der Waals surface area contributed by atoms with Crippen LogP contribution in [0.5, 0.6) is 5.75 Å². The molecule has 0 amide bonds. The molecule has 0 aliphatic heterocycles. The van der Waals surface area contributed by atoms with Crippen molar-refractivity contribution >= 4 is 10.9 Å². The highest BCUT2D eigenvalue weighted by Gasteiger charge is 2.27. The molecule has 0 saturated heterocycles. The van der Waals surface area contributed by atoms with Gasteiger partial charge in [-0.15, -0.1) is 0 Å². The average Bonchev–Trinajstić information content (AvgIpc) is 2.58. The molecule has 0 atom stereocenters. The summed E-state index contributed by atoms with van der Waals surface area (Å²) in [4.78, 5) is 3.95. The van der Waals surface area contributed by atoms with Crippen LogP contribution in [0.2, 0.25) is 0 Å². The molecule has 3 aromatic rings. The van der Waals surface area contributed by atoms with Gasteiger partial charge >= 0.3 is 0 Å². The molecule has 0 bridgehead atoms. The predicted octanol–water partition coefficient (Wildman–Crippen LogP) is 4.79. The number of hydrogen-bond acceptors (Lipinski definition) is 1. The molecule has 3 aromatic carbocycles. The smallest absolute Gasteiger partial charge is 0.166 e. The van der Waals surface area contributed by atoms with Crippen LogP contribution in [0.15, 0.2) is 99.6 Å². The zero-order valence-corrected chi connectivity index (χ0v) is 12.7. The summed E-state index contributed by atoms with van der Waals surface area (Å²) < 4.78 is 5.26. The Kier molecular flexibility index (Phi) is 4.27. The van der Waals surface area contributed by atoms with Gasteiger partial charge < -0.3 is 4.74 Å². The number of hydrogen-bond donors (Lipinski definition) is 0. The van der Waals surface area contributed by atoms with E-state index in [4.69, 9.17) is 4.74 Å². The monoisotopic (exact) mass is 293 g/mol. The van der Waals surface area contributed by atoms with Crippen LogP contribution in [-0.4, -0.2) is 7.11 Å². The summed E-state index contributed by atoms with van der Waals surface area (Å²) in [5.41, 5.74) is 0. The van der Waals surface area contributed by atoms with Gasteiger partial charge in [0.25, 0.3) is 0 Å². The fourth-order valence-electron chi connectivity index (χ4n) is 2.23. The first kappa shape index (κ1) is 13.8. The summed E-state index contributed by atoms with van der Waals surface area (Å²) in [6.45, 7) is 0. The van der Waals surface area contributed by atoms with Gasteiger partial charge in [-0.2, -0.15) is 0 Å². The van der Waals surface area contributed by atoms with Crippen LogP contribution in [0.3, 0.4) is 0 Å². The molecule has 3 rings (SSSR count). The maximum atomic E-state index is 5.26. The van der Waals surface area contributed by atoms with Crippen molar-refractivity contribution < 1.29 is 4.74 Å². The van der Waals surface area contributed by atoms with Crippen LogP contribution in [0, 0.1) is 0 Å².